The van der Waals surface area contributed by atoms with Gasteiger partial charge in [-0.05, 0) is 22.3 Å². The van der Waals surface area contributed by atoms with Crippen LogP contribution in [0.5, 0.6) is 0 Å². The van der Waals surface area contributed by atoms with Crippen LogP contribution in [0.2, 0.25) is 25.7 Å². The van der Waals surface area contributed by atoms with Crippen molar-refractivity contribution in [2.24, 2.45) is 5.92 Å². The molecular weight excluding hydrogens is 334 g/mol. The first-order valence-electron chi connectivity index (χ1n) is 9.90. The zero-order valence-corrected chi connectivity index (χ0v) is 18.1. The van der Waals surface area contributed by atoms with E-state index in [0.29, 0.717) is 0 Å². The van der Waals surface area contributed by atoms with E-state index in [4.69, 9.17) is 0 Å². The third kappa shape index (κ3) is 4.72. The Morgan fingerprint density at radius 2 is 1.28 bits per heavy atom. The summed E-state index contributed by atoms with van der Waals surface area (Å²) >= 11 is 0. The first-order chi connectivity index (χ1) is 12.0. The van der Waals surface area contributed by atoms with Gasteiger partial charge in [0, 0.05) is 0 Å². The van der Waals surface area contributed by atoms with Crippen LogP contribution in [0.4, 0.5) is 0 Å². The minimum atomic E-state index is -1.72. The van der Waals surface area contributed by atoms with Crippen LogP contribution in [0.3, 0.4) is 0 Å². The summed E-state index contributed by atoms with van der Waals surface area (Å²) in [6.45, 7) is 7.55. The van der Waals surface area contributed by atoms with Gasteiger partial charge >= 0.3 is 0 Å². The molecule has 25 heavy (non-hydrogen) atoms. The second-order valence-corrected chi connectivity index (χ2v) is 17.0. The van der Waals surface area contributed by atoms with Gasteiger partial charge in [-0.1, -0.05) is 112 Å². The Bertz CT molecular complexity index is 650. The van der Waals surface area contributed by atoms with Crippen molar-refractivity contribution in [2.75, 3.05) is 0 Å². The molecule has 1 aliphatic carbocycles. The van der Waals surface area contributed by atoms with Gasteiger partial charge in [-0.2, -0.15) is 0 Å². The minimum Gasteiger partial charge on any atom is -0.352 e. The predicted octanol–water partition coefficient (Wildman–Crippen LogP) is 4.75. The molecule has 0 amide bonds. The summed E-state index contributed by atoms with van der Waals surface area (Å²) < 4.78 is 4.33. The molecule has 3 rings (SSSR count). The van der Waals surface area contributed by atoms with Crippen LogP contribution in [-0.4, -0.2) is 16.5 Å². The highest BCUT2D eigenvalue weighted by molar-refractivity contribution is 7.03. The van der Waals surface area contributed by atoms with Crippen LogP contribution in [0.25, 0.3) is 0 Å². The van der Waals surface area contributed by atoms with Crippen molar-refractivity contribution in [1.29, 1.82) is 0 Å². The van der Waals surface area contributed by atoms with Gasteiger partial charge in [-0.3, -0.25) is 0 Å². The fraction of sp³-hybridized carbons (Fsp3) is 0.455. The lowest BCUT2D eigenvalue weighted by Gasteiger charge is -2.40. The first kappa shape index (κ1) is 18.6. The summed E-state index contributed by atoms with van der Waals surface area (Å²) in [7, 11) is -3.39. The number of hydrogen-bond donors (Lipinski definition) is 1. The lowest BCUT2D eigenvalue weighted by atomic mass is 9.91. The number of benzene rings is 2. The van der Waals surface area contributed by atoms with Crippen LogP contribution < -0.4 is 15.0 Å². The molecule has 0 heterocycles. The van der Waals surface area contributed by atoms with Gasteiger partial charge in [0.2, 0.25) is 0 Å². The number of rotatable bonds is 6. The third-order valence-corrected chi connectivity index (χ3v) is 15.4. The number of nitrogens with one attached hydrogen (secondary N) is 1. The lowest BCUT2D eigenvalue weighted by molar-refractivity contribution is 0.381. The quantitative estimate of drug-likeness (QED) is 0.726. The highest BCUT2D eigenvalue weighted by atomic mass is 28.4. The molecule has 3 heteroatoms. The SMILES string of the molecule is C[Si](C)(N[Si](C)(CC1CCCCC1)c1ccccc1)c1ccccc1. The molecule has 134 valence electrons. The molecule has 0 saturated heterocycles. The Kier molecular flexibility index (Phi) is 5.98. The summed E-state index contributed by atoms with van der Waals surface area (Å²) in [4.78, 5) is 0. The molecule has 0 spiro atoms. The molecule has 1 aliphatic rings. The van der Waals surface area contributed by atoms with E-state index in [1.54, 1.807) is 5.19 Å². The topological polar surface area (TPSA) is 12.0 Å². The average Bonchev–Trinajstić information content (AvgIpc) is 2.63. The highest BCUT2D eigenvalue weighted by Crippen LogP contribution is 2.30. The Morgan fingerprint density at radius 3 is 1.84 bits per heavy atom. The fourth-order valence-corrected chi connectivity index (χ4v) is 15.5. The van der Waals surface area contributed by atoms with Crippen molar-refractivity contribution < 1.29 is 0 Å². The van der Waals surface area contributed by atoms with E-state index in [0.717, 1.165) is 5.92 Å². The molecule has 1 unspecified atom stereocenters. The standard InChI is InChI=1S/C22H33NSi2/c1-24(2,21-15-9-5-10-16-21)23-25(3,22-17-11-6-12-18-22)19-20-13-7-4-8-14-20/h5-6,9-12,15-18,20,23H,4,7-8,13-14,19H2,1-3H3. The van der Waals surface area contributed by atoms with Crippen LogP contribution in [-0.2, 0) is 0 Å². The maximum absolute atomic E-state index is 4.33. The molecule has 0 bridgehead atoms. The summed E-state index contributed by atoms with van der Waals surface area (Å²) in [5.74, 6) is 0.915. The van der Waals surface area contributed by atoms with Gasteiger partial charge in [-0.25, -0.2) is 0 Å². The smallest absolute Gasteiger partial charge is 0.148 e. The second kappa shape index (κ2) is 8.02. The van der Waals surface area contributed by atoms with Gasteiger partial charge < -0.3 is 4.65 Å². The Morgan fingerprint density at radius 1 is 0.760 bits per heavy atom. The second-order valence-electron chi connectivity index (χ2n) is 8.52. The average molecular weight is 368 g/mol. The van der Waals surface area contributed by atoms with Gasteiger partial charge in [-0.15, -0.1) is 0 Å². The molecule has 2 aromatic carbocycles. The molecule has 2 aromatic rings. The Labute approximate surface area is 156 Å². The Hall–Kier alpha value is -1.17. The normalized spacial score (nSPS) is 18.7. The zero-order valence-electron chi connectivity index (χ0n) is 16.1. The van der Waals surface area contributed by atoms with E-state index in [1.807, 2.05) is 0 Å². The molecule has 0 aliphatic heterocycles. The van der Waals surface area contributed by atoms with E-state index in [2.05, 4.69) is 85.0 Å². The van der Waals surface area contributed by atoms with Crippen molar-refractivity contribution in [1.82, 2.24) is 4.65 Å². The van der Waals surface area contributed by atoms with Gasteiger partial charge in [0.15, 0.2) is 0 Å². The molecular formula is C22H33NSi2. The summed E-state index contributed by atoms with van der Waals surface area (Å²) in [6, 6.07) is 23.9. The van der Waals surface area contributed by atoms with Crippen molar-refractivity contribution in [3.63, 3.8) is 0 Å². The Balaban J connectivity index is 1.88. The summed E-state index contributed by atoms with van der Waals surface area (Å²) in [5, 5.41) is 3.10. The van der Waals surface area contributed by atoms with E-state index in [-0.39, 0.29) is 0 Å². The fourth-order valence-electron chi connectivity index (χ4n) is 4.63. The van der Waals surface area contributed by atoms with Crippen molar-refractivity contribution in [3.8, 4) is 0 Å². The molecule has 1 atom stereocenters. The number of hydrogen-bond acceptors (Lipinski definition) is 1. The molecule has 0 radical (unpaired) electrons. The molecule has 0 aromatic heterocycles. The summed E-state index contributed by atoms with van der Waals surface area (Å²) in [5.41, 5.74) is 0. The largest absolute Gasteiger partial charge is 0.352 e. The third-order valence-electron chi connectivity index (χ3n) is 5.92. The minimum absolute atomic E-state index is 0.915. The van der Waals surface area contributed by atoms with Crippen molar-refractivity contribution in [3.05, 3.63) is 60.7 Å². The van der Waals surface area contributed by atoms with Crippen molar-refractivity contribution in [2.45, 2.75) is 57.8 Å². The molecule has 1 fully saturated rings. The van der Waals surface area contributed by atoms with E-state index >= 15 is 0 Å². The molecule has 1 N–H and O–H groups in total. The van der Waals surface area contributed by atoms with Gasteiger partial charge in [0.25, 0.3) is 0 Å². The predicted molar refractivity (Wildman–Crippen MR) is 116 cm³/mol. The first-order valence-corrected chi connectivity index (χ1v) is 15.6. The van der Waals surface area contributed by atoms with Crippen LogP contribution in [0.1, 0.15) is 32.1 Å². The van der Waals surface area contributed by atoms with Gasteiger partial charge in [0.05, 0.1) is 0 Å². The lowest BCUT2D eigenvalue weighted by Crippen LogP contribution is -2.71. The van der Waals surface area contributed by atoms with Crippen LogP contribution in [0, 0.1) is 5.92 Å². The van der Waals surface area contributed by atoms with Crippen molar-refractivity contribution >= 4 is 26.8 Å². The maximum Gasteiger partial charge on any atom is 0.148 e. The zero-order chi connectivity index (χ0) is 17.8. The monoisotopic (exact) mass is 367 g/mol. The molecule has 1 nitrogen and oxygen atoms in total. The van der Waals surface area contributed by atoms with Crippen LogP contribution >= 0.6 is 0 Å². The van der Waals surface area contributed by atoms with E-state index in [9.17, 15) is 0 Å². The van der Waals surface area contributed by atoms with E-state index in [1.165, 1.54) is 43.3 Å². The summed E-state index contributed by atoms with van der Waals surface area (Å²) in [6.07, 6.45) is 7.18. The highest BCUT2D eigenvalue weighted by Gasteiger charge is 2.39. The maximum atomic E-state index is 4.33. The van der Waals surface area contributed by atoms with Crippen LogP contribution in [0.15, 0.2) is 60.7 Å². The van der Waals surface area contributed by atoms with E-state index < -0.39 is 16.5 Å². The molecule has 1 saturated carbocycles. The van der Waals surface area contributed by atoms with Gasteiger partial charge in [0.1, 0.15) is 16.5 Å².